The summed E-state index contributed by atoms with van der Waals surface area (Å²) in [5, 5.41) is 6.94. The highest BCUT2D eigenvalue weighted by Gasteiger charge is 2.20. The lowest BCUT2D eigenvalue weighted by atomic mass is 10.1. The van der Waals surface area contributed by atoms with Crippen LogP contribution >= 0.6 is 11.3 Å². The molecule has 2 rings (SSSR count). The van der Waals surface area contributed by atoms with Crippen molar-refractivity contribution in [3.63, 3.8) is 0 Å². The van der Waals surface area contributed by atoms with Crippen molar-refractivity contribution in [3.8, 4) is 0 Å². The van der Waals surface area contributed by atoms with Crippen LogP contribution in [0.15, 0.2) is 5.38 Å². The molecule has 1 aliphatic rings. The topological polar surface area (TPSA) is 28.2 Å². The zero-order valence-electron chi connectivity index (χ0n) is 11.9. The maximum atomic E-state index is 4.71. The van der Waals surface area contributed by atoms with Crippen LogP contribution in [0.2, 0.25) is 0 Å². The zero-order chi connectivity index (χ0) is 13.1. The lowest BCUT2D eigenvalue weighted by Gasteiger charge is -2.26. The summed E-state index contributed by atoms with van der Waals surface area (Å²) in [5.41, 5.74) is 1.21. The van der Waals surface area contributed by atoms with Gasteiger partial charge in [0.15, 0.2) is 0 Å². The molecule has 1 heterocycles. The molecule has 0 radical (unpaired) electrons. The third kappa shape index (κ3) is 4.04. The molecule has 1 aromatic rings. The van der Waals surface area contributed by atoms with E-state index >= 15 is 0 Å². The van der Waals surface area contributed by atoms with Gasteiger partial charge in [0.2, 0.25) is 0 Å². The number of hydrogen-bond donors (Lipinski definition) is 1. The molecule has 0 amide bonds. The van der Waals surface area contributed by atoms with Crippen LogP contribution in [0.5, 0.6) is 0 Å². The van der Waals surface area contributed by atoms with Gasteiger partial charge in [-0.1, -0.05) is 13.8 Å². The van der Waals surface area contributed by atoms with Gasteiger partial charge in [-0.15, -0.1) is 11.3 Å². The molecule has 1 saturated carbocycles. The van der Waals surface area contributed by atoms with Crippen molar-refractivity contribution in [1.82, 2.24) is 15.2 Å². The van der Waals surface area contributed by atoms with E-state index in [0.717, 1.165) is 19.1 Å². The Hall–Kier alpha value is -0.450. The summed E-state index contributed by atoms with van der Waals surface area (Å²) in [6, 6.07) is 1.36. The van der Waals surface area contributed by atoms with Crippen molar-refractivity contribution in [1.29, 1.82) is 0 Å². The van der Waals surface area contributed by atoms with E-state index in [-0.39, 0.29) is 0 Å². The largest absolute Gasteiger partial charge is 0.308 e. The van der Waals surface area contributed by atoms with Crippen LogP contribution in [0.3, 0.4) is 0 Å². The Bertz CT molecular complexity index is 371. The summed E-state index contributed by atoms with van der Waals surface area (Å²) < 4.78 is 0. The molecule has 18 heavy (non-hydrogen) atoms. The number of rotatable bonds is 7. The van der Waals surface area contributed by atoms with Crippen molar-refractivity contribution in [2.75, 3.05) is 7.05 Å². The van der Waals surface area contributed by atoms with Gasteiger partial charge in [-0.3, -0.25) is 4.90 Å². The van der Waals surface area contributed by atoms with Gasteiger partial charge in [0.25, 0.3) is 0 Å². The minimum absolute atomic E-state index is 0.597. The predicted octanol–water partition coefficient (Wildman–Crippen LogP) is 2.87. The molecule has 1 N–H and O–H groups in total. The first-order valence-electron chi connectivity index (χ1n) is 6.93. The molecule has 0 spiro atoms. The highest BCUT2D eigenvalue weighted by atomic mass is 32.1. The molecule has 1 aromatic heterocycles. The summed E-state index contributed by atoms with van der Waals surface area (Å²) in [5.74, 6) is 0.685. The van der Waals surface area contributed by atoms with E-state index in [1.807, 2.05) is 0 Å². The Kier molecular flexibility index (Phi) is 4.76. The van der Waals surface area contributed by atoms with Gasteiger partial charge in [0.1, 0.15) is 5.01 Å². The number of nitrogens with zero attached hydrogens (tertiary/aromatic N) is 2. The summed E-state index contributed by atoms with van der Waals surface area (Å²) in [6.45, 7) is 8.73. The van der Waals surface area contributed by atoms with Crippen LogP contribution in [0, 0.1) is 5.92 Å². The third-order valence-corrected chi connectivity index (χ3v) is 4.69. The lowest BCUT2D eigenvalue weighted by Crippen LogP contribution is -2.32. The lowest BCUT2D eigenvalue weighted by molar-refractivity contribution is 0.198. The molecule has 1 unspecified atom stereocenters. The standard InChI is InChI=1S/C14H25N3S/c1-10(2)11(3)17(4)8-13-9-18-14(16-13)7-15-12-5-6-12/h9-12,15H,5-8H2,1-4H3. The fourth-order valence-corrected chi connectivity index (χ4v) is 2.67. The van der Waals surface area contributed by atoms with Crippen LogP contribution in [0.4, 0.5) is 0 Å². The van der Waals surface area contributed by atoms with E-state index in [2.05, 4.69) is 43.4 Å². The number of thiazole rings is 1. The molecule has 0 aromatic carbocycles. The molecule has 0 saturated heterocycles. The minimum atomic E-state index is 0.597. The molecular weight excluding hydrogens is 242 g/mol. The molecule has 1 fully saturated rings. The van der Waals surface area contributed by atoms with Gasteiger partial charge in [0, 0.05) is 30.6 Å². The maximum absolute atomic E-state index is 4.71. The normalized spacial score (nSPS) is 17.7. The molecule has 1 aliphatic carbocycles. The van der Waals surface area contributed by atoms with E-state index in [1.165, 1.54) is 23.5 Å². The van der Waals surface area contributed by atoms with Gasteiger partial charge < -0.3 is 5.32 Å². The number of aromatic nitrogens is 1. The van der Waals surface area contributed by atoms with Gasteiger partial charge in [-0.05, 0) is 32.7 Å². The maximum Gasteiger partial charge on any atom is 0.107 e. The van der Waals surface area contributed by atoms with Crippen molar-refractivity contribution >= 4 is 11.3 Å². The van der Waals surface area contributed by atoms with E-state index < -0.39 is 0 Å². The Morgan fingerprint density at radius 3 is 2.78 bits per heavy atom. The summed E-state index contributed by atoms with van der Waals surface area (Å²) in [6.07, 6.45) is 2.68. The van der Waals surface area contributed by atoms with E-state index in [4.69, 9.17) is 4.98 Å². The second-order valence-corrected chi connectivity index (χ2v) is 6.73. The fraction of sp³-hybridized carbons (Fsp3) is 0.786. The first kappa shape index (κ1) is 14.0. The molecular formula is C14H25N3S. The molecule has 4 heteroatoms. The van der Waals surface area contributed by atoms with Crippen molar-refractivity contribution in [3.05, 3.63) is 16.1 Å². The minimum Gasteiger partial charge on any atom is -0.308 e. The Morgan fingerprint density at radius 2 is 2.17 bits per heavy atom. The van der Waals surface area contributed by atoms with Gasteiger partial charge in [-0.25, -0.2) is 4.98 Å². The monoisotopic (exact) mass is 267 g/mol. The average molecular weight is 267 g/mol. The smallest absolute Gasteiger partial charge is 0.107 e. The molecule has 0 bridgehead atoms. The first-order chi connectivity index (χ1) is 8.56. The van der Waals surface area contributed by atoms with Crippen LogP contribution < -0.4 is 5.32 Å². The molecule has 1 atom stereocenters. The van der Waals surface area contributed by atoms with Crippen LogP contribution in [-0.2, 0) is 13.1 Å². The third-order valence-electron chi connectivity index (χ3n) is 3.79. The summed E-state index contributed by atoms with van der Waals surface area (Å²) in [4.78, 5) is 7.09. The highest BCUT2D eigenvalue weighted by Crippen LogP contribution is 2.20. The van der Waals surface area contributed by atoms with E-state index in [9.17, 15) is 0 Å². The van der Waals surface area contributed by atoms with E-state index in [0.29, 0.717) is 12.0 Å². The second kappa shape index (κ2) is 6.13. The number of nitrogens with one attached hydrogen (secondary N) is 1. The first-order valence-corrected chi connectivity index (χ1v) is 7.81. The van der Waals surface area contributed by atoms with Crippen molar-refractivity contribution in [2.24, 2.45) is 5.92 Å². The van der Waals surface area contributed by atoms with E-state index in [1.54, 1.807) is 11.3 Å². The average Bonchev–Trinajstić information content (AvgIpc) is 3.06. The second-order valence-electron chi connectivity index (χ2n) is 5.79. The van der Waals surface area contributed by atoms with Crippen LogP contribution in [0.1, 0.15) is 44.3 Å². The summed E-state index contributed by atoms with van der Waals surface area (Å²) >= 11 is 1.78. The van der Waals surface area contributed by atoms with Crippen LogP contribution in [0.25, 0.3) is 0 Å². The Balaban J connectivity index is 1.81. The SMILES string of the molecule is CC(C)C(C)N(C)Cc1csc(CNC2CC2)n1. The number of hydrogen-bond acceptors (Lipinski definition) is 4. The quantitative estimate of drug-likeness (QED) is 0.823. The van der Waals surface area contributed by atoms with Crippen molar-refractivity contribution < 1.29 is 0 Å². The molecule has 3 nitrogen and oxygen atoms in total. The Labute approximate surface area is 115 Å². The van der Waals surface area contributed by atoms with Gasteiger partial charge in [0.05, 0.1) is 5.69 Å². The Morgan fingerprint density at radius 1 is 1.44 bits per heavy atom. The highest BCUT2D eigenvalue weighted by molar-refractivity contribution is 7.09. The fourth-order valence-electron chi connectivity index (χ4n) is 1.93. The summed E-state index contributed by atoms with van der Waals surface area (Å²) in [7, 11) is 2.19. The zero-order valence-corrected chi connectivity index (χ0v) is 12.8. The molecule has 0 aliphatic heterocycles. The van der Waals surface area contributed by atoms with Crippen molar-refractivity contribution in [2.45, 2.75) is 58.8 Å². The van der Waals surface area contributed by atoms with Gasteiger partial charge in [-0.2, -0.15) is 0 Å². The predicted molar refractivity (Wildman–Crippen MR) is 77.7 cm³/mol. The molecule has 102 valence electrons. The van der Waals surface area contributed by atoms with Crippen LogP contribution in [-0.4, -0.2) is 29.0 Å². The van der Waals surface area contributed by atoms with Gasteiger partial charge >= 0.3 is 0 Å².